The third kappa shape index (κ3) is 3.80. The predicted octanol–water partition coefficient (Wildman–Crippen LogP) is 2.43. The Morgan fingerprint density at radius 3 is 2.61 bits per heavy atom. The van der Waals surface area contributed by atoms with Crippen LogP contribution in [0.2, 0.25) is 0 Å². The molecule has 0 aliphatic rings. The van der Waals surface area contributed by atoms with Crippen LogP contribution < -0.4 is 10.6 Å². The van der Waals surface area contributed by atoms with Gasteiger partial charge in [0, 0.05) is 37.5 Å². The maximum absolute atomic E-state index is 11.2. The number of hydrogen-bond acceptors (Lipinski definition) is 4. The molecule has 0 bridgehead atoms. The van der Waals surface area contributed by atoms with Gasteiger partial charge in [0.25, 0.3) is 0 Å². The number of anilines is 2. The van der Waals surface area contributed by atoms with Crippen LogP contribution in [0.4, 0.5) is 11.4 Å². The summed E-state index contributed by atoms with van der Waals surface area (Å²) < 4.78 is 5.08. The second kappa shape index (κ2) is 6.69. The summed E-state index contributed by atoms with van der Waals surface area (Å²) in [4.78, 5) is 11.2. The summed E-state index contributed by atoms with van der Waals surface area (Å²) in [5.41, 5.74) is 3.62. The molecular formula is C14H20N2O2. The lowest BCUT2D eigenvalue weighted by Gasteiger charge is -2.11. The highest BCUT2D eigenvalue weighted by atomic mass is 16.5. The van der Waals surface area contributed by atoms with Gasteiger partial charge in [0.05, 0.1) is 6.61 Å². The first-order valence-corrected chi connectivity index (χ1v) is 5.89. The molecule has 0 aliphatic heterocycles. The zero-order chi connectivity index (χ0) is 13.5. The number of nitrogens with one attached hydrogen (secondary N) is 2. The van der Waals surface area contributed by atoms with Gasteiger partial charge in [0.2, 0.25) is 0 Å². The fraction of sp³-hybridized carbons (Fsp3) is 0.357. The summed E-state index contributed by atoms with van der Waals surface area (Å²) in [5, 5.41) is 6.21. The second-order valence-electron chi connectivity index (χ2n) is 4.04. The lowest BCUT2D eigenvalue weighted by molar-refractivity contribution is -0.138. The molecule has 0 fully saturated rings. The van der Waals surface area contributed by atoms with Crippen LogP contribution >= 0.6 is 0 Å². The van der Waals surface area contributed by atoms with Crippen LogP contribution in [0.3, 0.4) is 0 Å². The van der Waals surface area contributed by atoms with Crippen LogP contribution in [-0.2, 0) is 16.0 Å². The highest BCUT2D eigenvalue weighted by Crippen LogP contribution is 2.20. The summed E-state index contributed by atoms with van der Waals surface area (Å²) in [5.74, 6) is -0.340. The minimum Gasteiger partial charge on any atom is -0.462 e. The number of ether oxygens (including phenoxy) is 1. The molecule has 0 amide bonds. The van der Waals surface area contributed by atoms with Crippen LogP contribution in [-0.4, -0.2) is 26.7 Å². The second-order valence-corrected chi connectivity index (χ2v) is 4.04. The van der Waals surface area contributed by atoms with Crippen molar-refractivity contribution in [3.63, 3.8) is 0 Å². The van der Waals surface area contributed by atoms with E-state index in [0.717, 1.165) is 16.9 Å². The van der Waals surface area contributed by atoms with E-state index in [1.54, 1.807) is 6.92 Å². The molecule has 0 atom stereocenters. The molecule has 0 saturated heterocycles. The SMILES string of the molecule is C=C(C)C(=O)OCCc1ccc(NC)cc1NC. The minimum atomic E-state index is -0.340. The molecule has 4 nitrogen and oxygen atoms in total. The minimum absolute atomic E-state index is 0.340. The fourth-order valence-corrected chi connectivity index (χ4v) is 1.56. The Labute approximate surface area is 108 Å². The standard InChI is InChI=1S/C14H20N2O2/c1-10(2)14(17)18-8-7-11-5-6-12(15-3)9-13(11)16-4/h5-6,9,15-16H,1,7-8H2,2-4H3. The van der Waals surface area contributed by atoms with E-state index in [0.29, 0.717) is 18.6 Å². The zero-order valence-corrected chi connectivity index (χ0v) is 11.2. The number of carbonyl (C=O) groups is 1. The van der Waals surface area contributed by atoms with E-state index in [1.807, 2.05) is 32.3 Å². The number of benzene rings is 1. The van der Waals surface area contributed by atoms with Gasteiger partial charge in [-0.3, -0.25) is 0 Å². The van der Waals surface area contributed by atoms with Gasteiger partial charge in [-0.25, -0.2) is 4.79 Å². The summed E-state index contributed by atoms with van der Waals surface area (Å²) in [7, 11) is 3.75. The van der Waals surface area contributed by atoms with Crippen LogP contribution in [0.15, 0.2) is 30.4 Å². The quantitative estimate of drug-likeness (QED) is 0.599. The zero-order valence-electron chi connectivity index (χ0n) is 11.2. The van der Waals surface area contributed by atoms with Crippen molar-refractivity contribution >= 4 is 17.3 Å². The Hall–Kier alpha value is -1.97. The van der Waals surface area contributed by atoms with Crippen LogP contribution in [0.1, 0.15) is 12.5 Å². The third-order valence-electron chi connectivity index (χ3n) is 2.62. The lowest BCUT2D eigenvalue weighted by Crippen LogP contribution is -2.09. The molecule has 0 radical (unpaired) electrons. The Morgan fingerprint density at radius 1 is 1.33 bits per heavy atom. The van der Waals surface area contributed by atoms with Gasteiger partial charge < -0.3 is 15.4 Å². The van der Waals surface area contributed by atoms with E-state index in [4.69, 9.17) is 4.74 Å². The van der Waals surface area contributed by atoms with Gasteiger partial charge in [0.1, 0.15) is 0 Å². The van der Waals surface area contributed by atoms with E-state index >= 15 is 0 Å². The molecule has 0 heterocycles. The van der Waals surface area contributed by atoms with E-state index in [-0.39, 0.29) is 5.97 Å². The molecule has 0 unspecified atom stereocenters. The number of esters is 1. The molecule has 98 valence electrons. The van der Waals surface area contributed by atoms with Crippen molar-refractivity contribution in [1.82, 2.24) is 0 Å². The van der Waals surface area contributed by atoms with Gasteiger partial charge in [-0.2, -0.15) is 0 Å². The Kier molecular flexibility index (Phi) is 5.24. The molecule has 0 aromatic heterocycles. The van der Waals surface area contributed by atoms with Gasteiger partial charge in [-0.05, 0) is 24.6 Å². The first-order valence-electron chi connectivity index (χ1n) is 5.89. The number of hydrogen-bond donors (Lipinski definition) is 2. The lowest BCUT2D eigenvalue weighted by atomic mass is 10.1. The summed E-state index contributed by atoms with van der Waals surface area (Å²) >= 11 is 0. The maximum Gasteiger partial charge on any atom is 0.333 e. The molecule has 2 N–H and O–H groups in total. The Balaban J connectivity index is 2.62. The first-order chi connectivity index (χ1) is 8.58. The Bertz CT molecular complexity index is 441. The van der Waals surface area contributed by atoms with Crippen molar-refractivity contribution in [3.05, 3.63) is 35.9 Å². The molecule has 18 heavy (non-hydrogen) atoms. The van der Waals surface area contributed by atoms with Crippen LogP contribution in [0.5, 0.6) is 0 Å². The predicted molar refractivity (Wildman–Crippen MR) is 75.0 cm³/mol. The number of carbonyl (C=O) groups excluding carboxylic acids is 1. The summed E-state index contributed by atoms with van der Waals surface area (Å²) in [6.07, 6.45) is 0.680. The van der Waals surface area contributed by atoms with Crippen LogP contribution in [0.25, 0.3) is 0 Å². The maximum atomic E-state index is 11.2. The topological polar surface area (TPSA) is 50.4 Å². The van der Waals surface area contributed by atoms with E-state index in [2.05, 4.69) is 17.2 Å². The molecule has 4 heteroatoms. The van der Waals surface area contributed by atoms with Crippen molar-refractivity contribution in [2.24, 2.45) is 0 Å². The van der Waals surface area contributed by atoms with Crippen molar-refractivity contribution in [3.8, 4) is 0 Å². The molecule has 0 saturated carbocycles. The van der Waals surface area contributed by atoms with E-state index < -0.39 is 0 Å². The fourth-order valence-electron chi connectivity index (χ4n) is 1.56. The first kappa shape index (κ1) is 14.1. The van der Waals surface area contributed by atoms with Crippen molar-refractivity contribution in [2.75, 3.05) is 31.3 Å². The molecule has 1 rings (SSSR count). The van der Waals surface area contributed by atoms with E-state index in [9.17, 15) is 4.79 Å². The smallest absolute Gasteiger partial charge is 0.333 e. The van der Waals surface area contributed by atoms with Crippen LogP contribution in [0, 0.1) is 0 Å². The van der Waals surface area contributed by atoms with Gasteiger partial charge >= 0.3 is 5.97 Å². The van der Waals surface area contributed by atoms with Gasteiger partial charge in [0.15, 0.2) is 0 Å². The van der Waals surface area contributed by atoms with E-state index in [1.165, 1.54) is 0 Å². The average molecular weight is 248 g/mol. The molecule has 0 spiro atoms. The monoisotopic (exact) mass is 248 g/mol. The highest BCUT2D eigenvalue weighted by molar-refractivity contribution is 5.86. The van der Waals surface area contributed by atoms with Crippen molar-refractivity contribution in [2.45, 2.75) is 13.3 Å². The third-order valence-corrected chi connectivity index (χ3v) is 2.62. The van der Waals surface area contributed by atoms with Gasteiger partial charge in [-0.15, -0.1) is 0 Å². The Morgan fingerprint density at radius 2 is 2.06 bits per heavy atom. The average Bonchev–Trinajstić information content (AvgIpc) is 2.38. The largest absolute Gasteiger partial charge is 0.462 e. The highest BCUT2D eigenvalue weighted by Gasteiger charge is 2.05. The summed E-state index contributed by atoms with van der Waals surface area (Å²) in [6.45, 7) is 5.54. The molecule has 1 aromatic carbocycles. The van der Waals surface area contributed by atoms with Crippen molar-refractivity contribution in [1.29, 1.82) is 0 Å². The molecule has 0 aliphatic carbocycles. The summed E-state index contributed by atoms with van der Waals surface area (Å²) in [6, 6.07) is 6.04. The molecule has 1 aromatic rings. The normalized spacial score (nSPS) is 9.72. The molecular weight excluding hydrogens is 228 g/mol. The van der Waals surface area contributed by atoms with Crippen molar-refractivity contribution < 1.29 is 9.53 Å². The van der Waals surface area contributed by atoms with Gasteiger partial charge in [-0.1, -0.05) is 12.6 Å². The number of rotatable bonds is 6.